The molecule has 3 rings (SSSR count). The number of rotatable bonds is 2. The van der Waals surface area contributed by atoms with Gasteiger partial charge in [0.25, 0.3) is 5.91 Å². The minimum Gasteiger partial charge on any atom is -0.459 e. The van der Waals surface area contributed by atoms with Gasteiger partial charge in [0.1, 0.15) is 0 Å². The summed E-state index contributed by atoms with van der Waals surface area (Å²) in [6, 6.07) is 3.48. The highest BCUT2D eigenvalue weighted by Crippen LogP contribution is 2.39. The number of carbonyl (C=O) groups is 1. The van der Waals surface area contributed by atoms with Gasteiger partial charge in [-0.3, -0.25) is 4.79 Å². The second kappa shape index (κ2) is 5.00. The molecular weight excluding hydrogens is 242 g/mol. The minimum atomic E-state index is 0.00453. The zero-order valence-electron chi connectivity index (χ0n) is 11.4. The van der Waals surface area contributed by atoms with Gasteiger partial charge in [-0.25, -0.2) is 0 Å². The summed E-state index contributed by atoms with van der Waals surface area (Å²) in [7, 11) is 0. The van der Waals surface area contributed by atoms with Gasteiger partial charge in [-0.15, -0.1) is 0 Å². The van der Waals surface area contributed by atoms with Crippen LogP contribution < -0.4 is 0 Å². The first-order valence-electron chi connectivity index (χ1n) is 7.19. The Hall–Kier alpha value is -1.29. The third-order valence-corrected chi connectivity index (χ3v) is 4.56. The standard InChI is InChI=1S/C15H21NO3/c1-2-12-10-15(19-11-12)5-7-16(8-6-15)14(17)13-4-3-9-18-13/h3-4,9,12H,2,5-8,10-11H2,1H3/t12-/m0/s1. The van der Waals surface area contributed by atoms with Crippen LogP contribution in [0.3, 0.4) is 0 Å². The van der Waals surface area contributed by atoms with Crippen molar-refractivity contribution in [2.75, 3.05) is 19.7 Å². The third kappa shape index (κ3) is 2.41. The molecule has 19 heavy (non-hydrogen) atoms. The zero-order chi connectivity index (χ0) is 13.3. The van der Waals surface area contributed by atoms with E-state index >= 15 is 0 Å². The summed E-state index contributed by atoms with van der Waals surface area (Å²) in [4.78, 5) is 14.1. The van der Waals surface area contributed by atoms with E-state index in [1.807, 2.05) is 4.90 Å². The summed E-state index contributed by atoms with van der Waals surface area (Å²) in [5.74, 6) is 1.15. The Morgan fingerprint density at radius 2 is 2.26 bits per heavy atom. The van der Waals surface area contributed by atoms with Gasteiger partial charge in [0, 0.05) is 13.1 Å². The van der Waals surface area contributed by atoms with Gasteiger partial charge in [0.2, 0.25) is 0 Å². The predicted octanol–water partition coefficient (Wildman–Crippen LogP) is 2.70. The van der Waals surface area contributed by atoms with E-state index < -0.39 is 0 Å². The largest absolute Gasteiger partial charge is 0.459 e. The second-order valence-electron chi connectivity index (χ2n) is 5.74. The second-order valence-corrected chi connectivity index (χ2v) is 5.74. The van der Waals surface area contributed by atoms with Crippen LogP contribution in [0.15, 0.2) is 22.8 Å². The number of carbonyl (C=O) groups excluding carboxylic acids is 1. The molecule has 1 aromatic rings. The maximum atomic E-state index is 12.2. The molecule has 2 fully saturated rings. The lowest BCUT2D eigenvalue weighted by atomic mass is 9.84. The van der Waals surface area contributed by atoms with Crippen LogP contribution >= 0.6 is 0 Å². The molecule has 1 atom stereocenters. The SMILES string of the molecule is CC[C@@H]1COC2(CCN(C(=O)c3ccco3)CC2)C1. The Labute approximate surface area is 113 Å². The smallest absolute Gasteiger partial charge is 0.289 e. The van der Waals surface area contributed by atoms with E-state index in [1.165, 1.54) is 6.42 Å². The number of ether oxygens (including phenoxy) is 1. The van der Waals surface area contributed by atoms with Crippen LogP contribution in [0.25, 0.3) is 0 Å². The van der Waals surface area contributed by atoms with Gasteiger partial charge in [-0.1, -0.05) is 13.3 Å². The maximum Gasteiger partial charge on any atom is 0.289 e. The molecule has 0 radical (unpaired) electrons. The van der Waals surface area contributed by atoms with Crippen LogP contribution in [0, 0.1) is 5.92 Å². The van der Waals surface area contributed by atoms with E-state index in [1.54, 1.807) is 18.4 Å². The van der Waals surface area contributed by atoms with Crippen LogP contribution in [0.2, 0.25) is 0 Å². The molecule has 0 bridgehead atoms. The Morgan fingerprint density at radius 3 is 2.84 bits per heavy atom. The van der Waals surface area contributed by atoms with Crippen LogP contribution in [-0.2, 0) is 4.74 Å². The molecule has 0 N–H and O–H groups in total. The van der Waals surface area contributed by atoms with Crippen LogP contribution in [0.5, 0.6) is 0 Å². The summed E-state index contributed by atoms with van der Waals surface area (Å²) >= 11 is 0. The van der Waals surface area contributed by atoms with Crippen molar-refractivity contribution in [2.45, 2.75) is 38.2 Å². The normalized spacial score (nSPS) is 25.9. The first-order chi connectivity index (χ1) is 9.22. The quantitative estimate of drug-likeness (QED) is 0.824. The molecule has 4 nitrogen and oxygen atoms in total. The summed E-state index contributed by atoms with van der Waals surface area (Å²) in [6.45, 7) is 4.66. The van der Waals surface area contributed by atoms with E-state index in [2.05, 4.69) is 6.92 Å². The molecule has 0 saturated carbocycles. The molecule has 1 aromatic heterocycles. The van der Waals surface area contributed by atoms with Crippen LogP contribution in [0.4, 0.5) is 0 Å². The Balaban J connectivity index is 1.59. The van der Waals surface area contributed by atoms with Crippen molar-refractivity contribution in [1.82, 2.24) is 4.90 Å². The van der Waals surface area contributed by atoms with E-state index in [4.69, 9.17) is 9.15 Å². The Bertz CT molecular complexity index is 432. The summed E-state index contributed by atoms with van der Waals surface area (Å²) < 4.78 is 11.2. The highest BCUT2D eigenvalue weighted by molar-refractivity contribution is 5.91. The lowest BCUT2D eigenvalue weighted by Gasteiger charge is -2.38. The van der Waals surface area contributed by atoms with Gasteiger partial charge in [0.05, 0.1) is 18.5 Å². The lowest BCUT2D eigenvalue weighted by molar-refractivity contribution is -0.0395. The van der Waals surface area contributed by atoms with E-state index in [-0.39, 0.29) is 11.5 Å². The van der Waals surface area contributed by atoms with Crippen molar-refractivity contribution < 1.29 is 13.9 Å². The minimum absolute atomic E-state index is 0.00453. The van der Waals surface area contributed by atoms with E-state index in [0.29, 0.717) is 11.7 Å². The molecule has 0 unspecified atom stereocenters. The fourth-order valence-electron chi connectivity index (χ4n) is 3.22. The van der Waals surface area contributed by atoms with Gasteiger partial charge in [-0.2, -0.15) is 0 Å². The van der Waals surface area contributed by atoms with Crippen LogP contribution in [0.1, 0.15) is 43.2 Å². The van der Waals surface area contributed by atoms with E-state index in [0.717, 1.165) is 39.0 Å². The van der Waals surface area contributed by atoms with Gasteiger partial charge in [-0.05, 0) is 37.3 Å². The number of likely N-dealkylation sites (tertiary alicyclic amines) is 1. The number of piperidine rings is 1. The molecule has 1 amide bonds. The highest BCUT2D eigenvalue weighted by atomic mass is 16.5. The van der Waals surface area contributed by atoms with Gasteiger partial charge >= 0.3 is 0 Å². The van der Waals surface area contributed by atoms with Crippen molar-refractivity contribution in [3.05, 3.63) is 24.2 Å². The van der Waals surface area contributed by atoms with Gasteiger partial charge < -0.3 is 14.1 Å². The van der Waals surface area contributed by atoms with Crippen molar-refractivity contribution >= 4 is 5.91 Å². The average molecular weight is 263 g/mol. The first-order valence-corrected chi connectivity index (χ1v) is 7.19. The maximum absolute atomic E-state index is 12.2. The first kappa shape index (κ1) is 12.7. The van der Waals surface area contributed by atoms with E-state index in [9.17, 15) is 4.79 Å². The van der Waals surface area contributed by atoms with Gasteiger partial charge in [0.15, 0.2) is 5.76 Å². The molecule has 2 aliphatic heterocycles. The zero-order valence-corrected chi connectivity index (χ0v) is 11.4. The molecule has 104 valence electrons. The molecule has 2 aliphatic rings. The molecule has 2 saturated heterocycles. The lowest BCUT2D eigenvalue weighted by Crippen LogP contribution is -2.46. The summed E-state index contributed by atoms with van der Waals surface area (Å²) in [5.41, 5.74) is 0.0423. The Kier molecular flexibility index (Phi) is 3.35. The topological polar surface area (TPSA) is 42.7 Å². The number of amides is 1. The fraction of sp³-hybridized carbons (Fsp3) is 0.667. The summed E-state index contributed by atoms with van der Waals surface area (Å²) in [6.07, 6.45) is 5.81. The van der Waals surface area contributed by atoms with Crippen molar-refractivity contribution in [1.29, 1.82) is 0 Å². The molecule has 4 heteroatoms. The highest BCUT2D eigenvalue weighted by Gasteiger charge is 2.42. The van der Waals surface area contributed by atoms with Crippen molar-refractivity contribution in [3.63, 3.8) is 0 Å². The number of hydrogen-bond acceptors (Lipinski definition) is 3. The molecule has 0 aliphatic carbocycles. The third-order valence-electron chi connectivity index (χ3n) is 4.56. The average Bonchev–Trinajstić information content (AvgIpc) is 3.09. The molecular formula is C15H21NO3. The molecule has 3 heterocycles. The van der Waals surface area contributed by atoms with Crippen molar-refractivity contribution in [2.24, 2.45) is 5.92 Å². The van der Waals surface area contributed by atoms with Crippen molar-refractivity contribution in [3.8, 4) is 0 Å². The monoisotopic (exact) mass is 263 g/mol. The number of nitrogens with zero attached hydrogens (tertiary/aromatic N) is 1. The molecule has 1 spiro atoms. The molecule has 0 aromatic carbocycles. The fourth-order valence-corrected chi connectivity index (χ4v) is 3.22. The Morgan fingerprint density at radius 1 is 1.47 bits per heavy atom. The predicted molar refractivity (Wildman–Crippen MR) is 70.9 cm³/mol. The number of furan rings is 1. The number of hydrogen-bond donors (Lipinski definition) is 0. The summed E-state index contributed by atoms with van der Waals surface area (Å²) in [5, 5.41) is 0. The van der Waals surface area contributed by atoms with Crippen LogP contribution in [-0.4, -0.2) is 36.1 Å².